The molecular weight excluding hydrogens is 222 g/mol. The molecule has 0 unspecified atom stereocenters. The zero-order valence-corrected chi connectivity index (χ0v) is 11.1. The molecule has 0 aliphatic heterocycles. The van der Waals surface area contributed by atoms with Gasteiger partial charge in [-0.1, -0.05) is 0 Å². The summed E-state index contributed by atoms with van der Waals surface area (Å²) in [6.07, 6.45) is 1.12. The maximum atomic E-state index is 11.1. The zero-order valence-electron chi connectivity index (χ0n) is 11.1. The maximum Gasteiger partial charge on any atom is 0.332 e. The van der Waals surface area contributed by atoms with Crippen LogP contribution in [0, 0.1) is 0 Å². The molecule has 0 aromatic heterocycles. The smallest absolute Gasteiger partial charge is 0.332 e. The molecule has 100 valence electrons. The highest BCUT2D eigenvalue weighted by Crippen LogP contribution is 1.96. The molecule has 0 rings (SSSR count). The number of hydrogen-bond acceptors (Lipinski definition) is 5. The van der Waals surface area contributed by atoms with Crippen molar-refractivity contribution in [2.24, 2.45) is 0 Å². The lowest BCUT2D eigenvalue weighted by Gasteiger charge is -2.18. The first-order valence-electron chi connectivity index (χ1n) is 5.96. The molecule has 0 spiro atoms. The van der Waals surface area contributed by atoms with Gasteiger partial charge in [0.05, 0.1) is 13.2 Å². The predicted molar refractivity (Wildman–Crippen MR) is 65.4 cm³/mol. The fourth-order valence-corrected chi connectivity index (χ4v) is 1.19. The van der Waals surface area contributed by atoms with Gasteiger partial charge in [-0.2, -0.15) is 0 Å². The van der Waals surface area contributed by atoms with Crippen LogP contribution in [0.5, 0.6) is 0 Å². The van der Waals surface area contributed by atoms with E-state index in [1.807, 2.05) is 13.8 Å². The van der Waals surface area contributed by atoms with Gasteiger partial charge in [0.1, 0.15) is 0 Å². The van der Waals surface area contributed by atoms with Gasteiger partial charge >= 0.3 is 5.97 Å². The van der Waals surface area contributed by atoms with E-state index in [2.05, 4.69) is 5.32 Å². The van der Waals surface area contributed by atoms with Crippen molar-refractivity contribution in [3.8, 4) is 0 Å². The van der Waals surface area contributed by atoms with Crippen molar-refractivity contribution >= 4 is 5.97 Å². The van der Waals surface area contributed by atoms with E-state index >= 15 is 0 Å². The van der Waals surface area contributed by atoms with Crippen LogP contribution in [0.4, 0.5) is 0 Å². The molecule has 0 saturated heterocycles. The van der Waals surface area contributed by atoms with Crippen LogP contribution in [0.25, 0.3) is 0 Å². The Morgan fingerprint density at radius 1 is 1.18 bits per heavy atom. The van der Waals surface area contributed by atoms with Crippen LogP contribution in [-0.4, -0.2) is 38.6 Å². The molecule has 0 aliphatic rings. The molecule has 0 heterocycles. The van der Waals surface area contributed by atoms with E-state index in [1.165, 1.54) is 6.08 Å². The summed E-state index contributed by atoms with van der Waals surface area (Å²) in [5.74, 6) is -0.345. The zero-order chi connectivity index (χ0) is 13.1. The average molecular weight is 245 g/mol. The van der Waals surface area contributed by atoms with Crippen molar-refractivity contribution in [1.82, 2.24) is 5.32 Å². The number of carbonyl (C=O) groups is 1. The molecule has 0 saturated carbocycles. The molecule has 1 N–H and O–H groups in total. The van der Waals surface area contributed by atoms with Crippen molar-refractivity contribution in [2.75, 3.05) is 26.4 Å². The monoisotopic (exact) mass is 245 g/mol. The molecule has 0 bridgehead atoms. The molecular formula is C12H23NO4. The Labute approximate surface area is 103 Å². The highest BCUT2D eigenvalue weighted by Gasteiger charge is 2.07. The van der Waals surface area contributed by atoms with Crippen LogP contribution < -0.4 is 5.32 Å². The third-order valence-electron chi connectivity index (χ3n) is 1.87. The highest BCUT2D eigenvalue weighted by molar-refractivity contribution is 5.82. The Kier molecular flexibility index (Phi) is 9.47. The highest BCUT2D eigenvalue weighted by atomic mass is 16.7. The molecule has 5 heteroatoms. The van der Waals surface area contributed by atoms with Crippen LogP contribution in [0.2, 0.25) is 0 Å². The van der Waals surface area contributed by atoms with Gasteiger partial charge in [0.15, 0.2) is 6.29 Å². The number of rotatable bonds is 9. The summed E-state index contributed by atoms with van der Waals surface area (Å²) in [7, 11) is 0. The van der Waals surface area contributed by atoms with Crippen LogP contribution in [0.1, 0.15) is 27.7 Å². The third-order valence-corrected chi connectivity index (χ3v) is 1.87. The number of allylic oxidation sites excluding steroid dienone is 1. The quantitative estimate of drug-likeness (QED) is 0.378. The van der Waals surface area contributed by atoms with Gasteiger partial charge in [0.25, 0.3) is 0 Å². The summed E-state index contributed by atoms with van der Waals surface area (Å²) < 4.78 is 15.5. The van der Waals surface area contributed by atoms with Crippen LogP contribution >= 0.6 is 0 Å². The Balaban J connectivity index is 4.01. The summed E-state index contributed by atoms with van der Waals surface area (Å²) in [6, 6.07) is 0. The maximum absolute atomic E-state index is 11.1. The Morgan fingerprint density at radius 2 is 1.76 bits per heavy atom. The van der Waals surface area contributed by atoms with Crippen LogP contribution in [0.15, 0.2) is 11.8 Å². The summed E-state index contributed by atoms with van der Waals surface area (Å²) in [6.45, 7) is 9.45. The molecule has 0 aromatic rings. The van der Waals surface area contributed by atoms with Crippen LogP contribution in [-0.2, 0) is 19.0 Å². The van der Waals surface area contributed by atoms with Crippen molar-refractivity contribution in [3.63, 3.8) is 0 Å². The summed E-state index contributed by atoms with van der Waals surface area (Å²) in [5.41, 5.74) is 0.729. The first kappa shape index (κ1) is 15.9. The normalized spacial score (nSPS) is 11.7. The van der Waals surface area contributed by atoms with Gasteiger partial charge in [-0.05, 0) is 27.7 Å². The minimum Gasteiger partial charge on any atom is -0.463 e. The number of nitrogens with one attached hydrogen (secondary N) is 1. The van der Waals surface area contributed by atoms with E-state index in [0.29, 0.717) is 26.4 Å². The molecule has 0 aliphatic carbocycles. The second kappa shape index (κ2) is 10.1. The second-order valence-corrected chi connectivity index (χ2v) is 3.30. The number of hydrogen-bond donors (Lipinski definition) is 1. The first-order chi connectivity index (χ1) is 8.13. The van der Waals surface area contributed by atoms with Crippen molar-refractivity contribution in [1.29, 1.82) is 0 Å². The number of ether oxygens (including phenoxy) is 3. The minimum atomic E-state index is -0.345. The molecule has 0 amide bonds. The van der Waals surface area contributed by atoms with E-state index in [-0.39, 0.29) is 12.3 Å². The lowest BCUT2D eigenvalue weighted by atomic mass is 10.4. The number of esters is 1. The van der Waals surface area contributed by atoms with Gasteiger partial charge < -0.3 is 19.5 Å². The topological polar surface area (TPSA) is 56.8 Å². The van der Waals surface area contributed by atoms with E-state index in [9.17, 15) is 4.79 Å². The van der Waals surface area contributed by atoms with Gasteiger partial charge in [0.2, 0.25) is 0 Å². The predicted octanol–water partition coefficient (Wildman–Crippen LogP) is 1.44. The average Bonchev–Trinajstić information content (AvgIpc) is 2.27. The Bertz CT molecular complexity index is 235. The fourth-order valence-electron chi connectivity index (χ4n) is 1.19. The van der Waals surface area contributed by atoms with Gasteiger partial charge in [-0.3, -0.25) is 0 Å². The summed E-state index contributed by atoms with van der Waals surface area (Å²) in [5, 5.41) is 3.05. The summed E-state index contributed by atoms with van der Waals surface area (Å²) >= 11 is 0. The minimum absolute atomic E-state index is 0.296. The molecule has 0 radical (unpaired) electrons. The molecule has 17 heavy (non-hydrogen) atoms. The van der Waals surface area contributed by atoms with Crippen molar-refractivity contribution in [3.05, 3.63) is 11.8 Å². The molecule has 0 atom stereocenters. The largest absolute Gasteiger partial charge is 0.463 e. The number of carbonyl (C=O) groups excluding carboxylic acids is 1. The van der Waals surface area contributed by atoms with Gasteiger partial charge in [-0.15, -0.1) is 0 Å². The van der Waals surface area contributed by atoms with E-state index in [4.69, 9.17) is 14.2 Å². The molecule has 5 nitrogen and oxygen atoms in total. The van der Waals surface area contributed by atoms with Crippen molar-refractivity contribution in [2.45, 2.75) is 34.0 Å². The lowest BCUT2D eigenvalue weighted by molar-refractivity contribution is -0.137. The second-order valence-electron chi connectivity index (χ2n) is 3.30. The fraction of sp³-hybridized carbons (Fsp3) is 0.750. The lowest BCUT2D eigenvalue weighted by Crippen LogP contribution is -2.31. The van der Waals surface area contributed by atoms with Gasteiger partial charge in [0, 0.05) is 25.0 Å². The third kappa shape index (κ3) is 8.71. The Hall–Kier alpha value is -1.07. The Morgan fingerprint density at radius 3 is 2.24 bits per heavy atom. The molecule has 0 fully saturated rings. The standard InChI is InChI=1S/C12H23NO4/c1-5-15-11(14)8-10(4)13-9-12(16-6-2)17-7-3/h8,12-13H,5-7,9H2,1-4H3/b10-8-. The van der Waals surface area contributed by atoms with Crippen LogP contribution in [0.3, 0.4) is 0 Å². The molecule has 0 aromatic carbocycles. The SMILES string of the molecule is CCOC(=O)/C=C(/C)NCC(OCC)OCC. The van der Waals surface area contributed by atoms with Crippen molar-refractivity contribution < 1.29 is 19.0 Å². The van der Waals surface area contributed by atoms with E-state index in [0.717, 1.165) is 5.70 Å². The van der Waals surface area contributed by atoms with Gasteiger partial charge in [-0.25, -0.2) is 4.79 Å². The van der Waals surface area contributed by atoms with E-state index in [1.54, 1.807) is 13.8 Å². The first-order valence-corrected chi connectivity index (χ1v) is 5.96. The van der Waals surface area contributed by atoms with E-state index < -0.39 is 0 Å². The summed E-state index contributed by atoms with van der Waals surface area (Å²) in [4.78, 5) is 11.1.